The Morgan fingerprint density at radius 3 is 2.37 bits per heavy atom. The van der Waals surface area contributed by atoms with E-state index in [-0.39, 0.29) is 11.4 Å². The van der Waals surface area contributed by atoms with Gasteiger partial charge in [0.1, 0.15) is 0 Å². The van der Waals surface area contributed by atoms with Gasteiger partial charge in [-0.05, 0) is 35.7 Å². The first-order valence-corrected chi connectivity index (χ1v) is 9.06. The Hall–Kier alpha value is -2.95. The first-order chi connectivity index (χ1) is 12.8. The monoisotopic (exact) mass is 364 g/mol. The van der Waals surface area contributed by atoms with E-state index in [1.807, 2.05) is 30.3 Å². The van der Waals surface area contributed by atoms with Crippen molar-refractivity contribution in [3.8, 4) is 0 Å². The van der Waals surface area contributed by atoms with Crippen molar-refractivity contribution in [2.45, 2.75) is 40.2 Å². The van der Waals surface area contributed by atoms with Crippen LogP contribution in [0.3, 0.4) is 0 Å². The minimum absolute atomic E-state index is 0.125. The van der Waals surface area contributed by atoms with Crippen LogP contribution in [0.4, 0.5) is 5.69 Å². The van der Waals surface area contributed by atoms with Crippen LogP contribution in [0, 0.1) is 5.41 Å². The van der Waals surface area contributed by atoms with Gasteiger partial charge in [0.25, 0.3) is 5.91 Å². The standard InChI is InChI=1S/C22H24N2O3/c1-5-14-8-10-16(11-9-14)24-18(15-7-6-12-23-13-15)17(19(25)21(24)27)20(26)22(2,3)4/h6-13,18,25H,5H2,1-4H3. The third kappa shape index (κ3) is 3.37. The molecule has 1 aliphatic heterocycles. The lowest BCUT2D eigenvalue weighted by molar-refractivity contribution is -0.123. The second-order valence-electron chi connectivity index (χ2n) is 7.73. The van der Waals surface area contributed by atoms with E-state index in [1.165, 1.54) is 4.90 Å². The van der Waals surface area contributed by atoms with Gasteiger partial charge in [-0.25, -0.2) is 0 Å². The number of anilines is 1. The number of hydrogen-bond donors (Lipinski definition) is 1. The molecular formula is C22H24N2O3. The molecule has 140 valence electrons. The van der Waals surface area contributed by atoms with Crippen LogP contribution in [0.2, 0.25) is 0 Å². The SMILES string of the molecule is CCc1ccc(N2C(=O)C(O)=C(C(=O)C(C)(C)C)C2c2cccnc2)cc1. The lowest BCUT2D eigenvalue weighted by atomic mass is 9.82. The number of amides is 1. The average Bonchev–Trinajstić information content (AvgIpc) is 2.92. The van der Waals surface area contributed by atoms with Crippen molar-refractivity contribution in [3.63, 3.8) is 0 Å². The highest BCUT2D eigenvalue weighted by molar-refractivity contribution is 6.17. The summed E-state index contributed by atoms with van der Waals surface area (Å²) < 4.78 is 0. The molecule has 27 heavy (non-hydrogen) atoms. The van der Waals surface area contributed by atoms with E-state index in [0.717, 1.165) is 12.0 Å². The lowest BCUT2D eigenvalue weighted by Gasteiger charge is -2.28. The molecule has 0 saturated heterocycles. The van der Waals surface area contributed by atoms with Crippen LogP contribution < -0.4 is 4.90 Å². The van der Waals surface area contributed by atoms with E-state index >= 15 is 0 Å². The maximum Gasteiger partial charge on any atom is 0.294 e. The Morgan fingerprint density at radius 2 is 1.85 bits per heavy atom. The number of nitrogens with zero attached hydrogens (tertiary/aromatic N) is 2. The first kappa shape index (κ1) is 18.8. The Bertz CT molecular complexity index is 893. The van der Waals surface area contributed by atoms with Gasteiger partial charge in [-0.2, -0.15) is 0 Å². The van der Waals surface area contributed by atoms with E-state index in [4.69, 9.17) is 0 Å². The quantitative estimate of drug-likeness (QED) is 0.884. The van der Waals surface area contributed by atoms with Crippen molar-refractivity contribution in [1.29, 1.82) is 0 Å². The molecule has 0 bridgehead atoms. The molecule has 0 radical (unpaired) electrons. The van der Waals surface area contributed by atoms with Gasteiger partial charge >= 0.3 is 0 Å². The summed E-state index contributed by atoms with van der Waals surface area (Å²) in [5.74, 6) is -1.31. The number of aliphatic hydroxyl groups excluding tert-OH is 1. The van der Waals surface area contributed by atoms with Crippen LogP contribution in [0.25, 0.3) is 0 Å². The van der Waals surface area contributed by atoms with Gasteiger partial charge in [-0.3, -0.25) is 19.5 Å². The number of Topliss-reactive ketones (excluding diaryl/α,β-unsaturated/α-hetero) is 1. The summed E-state index contributed by atoms with van der Waals surface area (Å²) in [4.78, 5) is 31.6. The van der Waals surface area contributed by atoms with Crippen LogP contribution in [0.1, 0.15) is 44.9 Å². The van der Waals surface area contributed by atoms with Crippen molar-refractivity contribution >= 4 is 17.4 Å². The molecule has 2 aromatic rings. The topological polar surface area (TPSA) is 70.5 Å². The minimum Gasteiger partial charge on any atom is -0.503 e. The molecule has 0 fully saturated rings. The third-order valence-corrected chi connectivity index (χ3v) is 4.76. The van der Waals surface area contributed by atoms with Gasteiger partial charge < -0.3 is 5.11 Å². The Balaban J connectivity index is 2.16. The maximum atomic E-state index is 13.1. The molecule has 1 aromatic heterocycles. The second-order valence-corrected chi connectivity index (χ2v) is 7.73. The molecule has 0 aliphatic carbocycles. The molecule has 1 aliphatic rings. The fourth-order valence-corrected chi connectivity index (χ4v) is 3.25. The van der Waals surface area contributed by atoms with Gasteiger partial charge in [-0.1, -0.05) is 45.9 Å². The molecule has 1 amide bonds. The number of rotatable bonds is 4. The molecule has 1 atom stereocenters. The predicted octanol–water partition coefficient (Wildman–Crippen LogP) is 4.16. The summed E-state index contributed by atoms with van der Waals surface area (Å²) in [6.07, 6.45) is 4.15. The Kier molecular flexibility index (Phi) is 4.87. The van der Waals surface area contributed by atoms with E-state index < -0.39 is 23.1 Å². The number of aromatic nitrogens is 1. The summed E-state index contributed by atoms with van der Waals surface area (Å²) >= 11 is 0. The molecule has 3 rings (SSSR count). The Labute approximate surface area is 159 Å². The first-order valence-electron chi connectivity index (χ1n) is 9.06. The van der Waals surface area contributed by atoms with Crippen molar-refractivity contribution < 1.29 is 14.7 Å². The summed E-state index contributed by atoms with van der Waals surface area (Å²) in [5, 5.41) is 10.6. The molecule has 2 heterocycles. The van der Waals surface area contributed by atoms with Crippen LogP contribution >= 0.6 is 0 Å². The van der Waals surface area contributed by atoms with E-state index in [9.17, 15) is 14.7 Å². The summed E-state index contributed by atoms with van der Waals surface area (Å²) in [5.41, 5.74) is 1.86. The fourth-order valence-electron chi connectivity index (χ4n) is 3.25. The number of aliphatic hydroxyl groups is 1. The average molecular weight is 364 g/mol. The smallest absolute Gasteiger partial charge is 0.294 e. The molecule has 5 heteroatoms. The second kappa shape index (κ2) is 6.99. The molecule has 1 N–H and O–H groups in total. The highest BCUT2D eigenvalue weighted by Crippen LogP contribution is 2.43. The lowest BCUT2D eigenvalue weighted by Crippen LogP contribution is -2.32. The van der Waals surface area contributed by atoms with E-state index in [1.54, 1.807) is 39.2 Å². The summed E-state index contributed by atoms with van der Waals surface area (Å²) in [6, 6.07) is 10.5. The van der Waals surface area contributed by atoms with Gasteiger partial charge in [-0.15, -0.1) is 0 Å². The van der Waals surface area contributed by atoms with E-state index in [0.29, 0.717) is 11.3 Å². The molecular weight excluding hydrogens is 340 g/mol. The van der Waals surface area contributed by atoms with Crippen LogP contribution in [-0.2, 0) is 16.0 Å². The van der Waals surface area contributed by atoms with Crippen LogP contribution in [-0.4, -0.2) is 21.8 Å². The molecule has 5 nitrogen and oxygen atoms in total. The molecule has 1 unspecified atom stereocenters. The zero-order valence-electron chi connectivity index (χ0n) is 16.1. The van der Waals surface area contributed by atoms with Crippen molar-refractivity contribution in [1.82, 2.24) is 4.98 Å². The highest BCUT2D eigenvalue weighted by atomic mass is 16.3. The molecule has 1 aromatic carbocycles. The summed E-state index contributed by atoms with van der Waals surface area (Å²) in [6.45, 7) is 7.39. The minimum atomic E-state index is -0.730. The highest BCUT2D eigenvalue weighted by Gasteiger charge is 2.46. The van der Waals surface area contributed by atoms with Gasteiger partial charge in [0.15, 0.2) is 11.5 Å². The number of carbonyl (C=O) groups is 2. The third-order valence-electron chi connectivity index (χ3n) is 4.76. The molecule has 0 spiro atoms. The van der Waals surface area contributed by atoms with E-state index in [2.05, 4.69) is 11.9 Å². The fraction of sp³-hybridized carbons (Fsp3) is 0.318. The number of hydrogen-bond acceptors (Lipinski definition) is 4. The van der Waals surface area contributed by atoms with Crippen molar-refractivity contribution in [3.05, 3.63) is 71.3 Å². The van der Waals surface area contributed by atoms with Gasteiger partial charge in [0.05, 0.1) is 11.6 Å². The Morgan fingerprint density at radius 1 is 1.19 bits per heavy atom. The van der Waals surface area contributed by atoms with Gasteiger partial charge in [0, 0.05) is 23.5 Å². The maximum absolute atomic E-state index is 13.1. The van der Waals surface area contributed by atoms with Crippen molar-refractivity contribution in [2.24, 2.45) is 5.41 Å². The normalized spacial score (nSPS) is 17.6. The van der Waals surface area contributed by atoms with Gasteiger partial charge in [0.2, 0.25) is 0 Å². The zero-order valence-corrected chi connectivity index (χ0v) is 16.1. The van der Waals surface area contributed by atoms with Crippen LogP contribution in [0.5, 0.6) is 0 Å². The van der Waals surface area contributed by atoms with Crippen molar-refractivity contribution in [2.75, 3.05) is 4.90 Å². The number of ketones is 1. The number of benzene rings is 1. The molecule has 0 saturated carbocycles. The number of aryl methyl sites for hydroxylation is 1. The number of carbonyl (C=O) groups excluding carboxylic acids is 2. The predicted molar refractivity (Wildman–Crippen MR) is 104 cm³/mol. The van der Waals surface area contributed by atoms with Crippen LogP contribution in [0.15, 0.2) is 60.1 Å². The summed E-state index contributed by atoms with van der Waals surface area (Å²) in [7, 11) is 0. The largest absolute Gasteiger partial charge is 0.503 e. The zero-order chi connectivity index (χ0) is 19.8. The number of pyridine rings is 1.